The fourth-order valence-electron chi connectivity index (χ4n) is 3.30. The zero-order chi connectivity index (χ0) is 14.3. The Kier molecular flexibility index (Phi) is 3.46. The van der Waals surface area contributed by atoms with Crippen LogP contribution in [-0.4, -0.2) is 4.98 Å². The zero-order valence-electron chi connectivity index (χ0n) is 12.4. The van der Waals surface area contributed by atoms with Crippen LogP contribution in [0.1, 0.15) is 49.1 Å². The minimum Gasteiger partial charge on any atom is -0.466 e. The van der Waals surface area contributed by atoms with Gasteiger partial charge in [0.25, 0.3) is 0 Å². The normalized spacial score (nSPS) is 26.9. The fraction of sp³-hybridized carbons (Fsp3) is 0.562. The van der Waals surface area contributed by atoms with Crippen LogP contribution in [-0.2, 0) is 5.54 Å². The Labute approximate surface area is 124 Å². The third-order valence-corrected chi connectivity index (χ3v) is 5.34. The molecule has 0 bridgehead atoms. The highest BCUT2D eigenvalue weighted by atomic mass is 32.1. The summed E-state index contributed by atoms with van der Waals surface area (Å²) in [6.07, 6.45) is 4.59. The maximum absolute atomic E-state index is 6.63. The molecule has 20 heavy (non-hydrogen) atoms. The average Bonchev–Trinajstić information content (AvgIpc) is 2.95. The Hall–Kier alpha value is -1.13. The van der Waals surface area contributed by atoms with Crippen LogP contribution >= 0.6 is 11.3 Å². The molecule has 0 aromatic carbocycles. The first-order valence-corrected chi connectivity index (χ1v) is 8.18. The van der Waals surface area contributed by atoms with Crippen molar-refractivity contribution < 1.29 is 4.42 Å². The lowest BCUT2D eigenvalue weighted by molar-refractivity contribution is 0.238. The van der Waals surface area contributed by atoms with Gasteiger partial charge >= 0.3 is 0 Å². The van der Waals surface area contributed by atoms with Crippen LogP contribution in [0.4, 0.5) is 0 Å². The standard InChI is InChI=1S/C16H22N2OS/c1-10-5-4-6-16(17,8-10)15-18-14(9-20-15)13-7-11(2)19-12(13)3/h7,9-10H,4-6,8,17H2,1-3H3. The second-order valence-corrected chi connectivity index (χ2v) is 7.08. The summed E-state index contributed by atoms with van der Waals surface area (Å²) >= 11 is 1.69. The Balaban J connectivity index is 1.92. The van der Waals surface area contributed by atoms with Gasteiger partial charge in [0, 0.05) is 10.9 Å². The molecule has 0 aliphatic heterocycles. The van der Waals surface area contributed by atoms with Crippen molar-refractivity contribution in [3.63, 3.8) is 0 Å². The van der Waals surface area contributed by atoms with Crippen molar-refractivity contribution in [2.24, 2.45) is 11.7 Å². The van der Waals surface area contributed by atoms with Crippen LogP contribution in [0.15, 0.2) is 15.9 Å². The molecule has 1 saturated carbocycles. The third kappa shape index (κ3) is 2.42. The molecular formula is C16H22N2OS. The Morgan fingerprint density at radius 3 is 2.90 bits per heavy atom. The van der Waals surface area contributed by atoms with Crippen LogP contribution in [0.3, 0.4) is 0 Å². The number of aryl methyl sites for hydroxylation is 2. The van der Waals surface area contributed by atoms with Gasteiger partial charge < -0.3 is 10.2 Å². The van der Waals surface area contributed by atoms with Gasteiger partial charge in [-0.05, 0) is 38.7 Å². The van der Waals surface area contributed by atoms with Gasteiger partial charge in [0.1, 0.15) is 16.5 Å². The zero-order valence-corrected chi connectivity index (χ0v) is 13.2. The topological polar surface area (TPSA) is 52.0 Å². The predicted molar refractivity (Wildman–Crippen MR) is 82.8 cm³/mol. The van der Waals surface area contributed by atoms with E-state index in [2.05, 4.69) is 18.4 Å². The van der Waals surface area contributed by atoms with Gasteiger partial charge in [-0.15, -0.1) is 11.3 Å². The minimum absolute atomic E-state index is 0.229. The molecule has 0 radical (unpaired) electrons. The van der Waals surface area contributed by atoms with E-state index in [9.17, 15) is 0 Å². The monoisotopic (exact) mass is 290 g/mol. The molecule has 2 unspecified atom stereocenters. The fourth-order valence-corrected chi connectivity index (χ4v) is 4.27. The second-order valence-electron chi connectivity index (χ2n) is 6.22. The smallest absolute Gasteiger partial charge is 0.113 e. The van der Waals surface area contributed by atoms with Gasteiger partial charge in [-0.25, -0.2) is 4.98 Å². The molecule has 0 saturated heterocycles. The summed E-state index contributed by atoms with van der Waals surface area (Å²) in [5.41, 5.74) is 8.50. The van der Waals surface area contributed by atoms with Crippen LogP contribution in [0.2, 0.25) is 0 Å². The average molecular weight is 290 g/mol. The lowest BCUT2D eigenvalue weighted by atomic mass is 9.77. The molecule has 0 amide bonds. The number of furan rings is 1. The number of thiazole rings is 1. The molecular weight excluding hydrogens is 268 g/mol. The van der Waals surface area contributed by atoms with E-state index in [-0.39, 0.29) is 5.54 Å². The summed E-state index contributed by atoms with van der Waals surface area (Å²) in [5.74, 6) is 2.56. The summed E-state index contributed by atoms with van der Waals surface area (Å²) in [5, 5.41) is 3.19. The van der Waals surface area contributed by atoms with Crippen molar-refractivity contribution in [2.75, 3.05) is 0 Å². The van der Waals surface area contributed by atoms with Crippen molar-refractivity contribution >= 4 is 11.3 Å². The van der Waals surface area contributed by atoms with E-state index in [4.69, 9.17) is 15.1 Å². The van der Waals surface area contributed by atoms with E-state index >= 15 is 0 Å². The number of aromatic nitrogens is 1. The van der Waals surface area contributed by atoms with Gasteiger partial charge in [0.2, 0.25) is 0 Å². The molecule has 0 spiro atoms. The number of nitrogens with zero attached hydrogens (tertiary/aromatic N) is 1. The Morgan fingerprint density at radius 2 is 2.25 bits per heavy atom. The Bertz CT molecular complexity index is 616. The van der Waals surface area contributed by atoms with E-state index in [1.54, 1.807) is 11.3 Å². The van der Waals surface area contributed by atoms with Crippen molar-refractivity contribution in [1.82, 2.24) is 4.98 Å². The first-order valence-electron chi connectivity index (χ1n) is 7.30. The lowest BCUT2D eigenvalue weighted by Gasteiger charge is -2.35. The first-order chi connectivity index (χ1) is 9.48. The quantitative estimate of drug-likeness (QED) is 0.892. The van der Waals surface area contributed by atoms with E-state index in [1.165, 1.54) is 12.8 Å². The molecule has 1 fully saturated rings. The molecule has 2 N–H and O–H groups in total. The van der Waals surface area contributed by atoms with Crippen molar-refractivity contribution in [1.29, 1.82) is 0 Å². The van der Waals surface area contributed by atoms with Crippen molar-refractivity contribution in [3.05, 3.63) is 28.0 Å². The number of hydrogen-bond donors (Lipinski definition) is 1. The van der Waals surface area contributed by atoms with Gasteiger partial charge in [0.05, 0.1) is 11.2 Å². The first kappa shape index (κ1) is 13.8. The van der Waals surface area contributed by atoms with Gasteiger partial charge in [-0.1, -0.05) is 19.8 Å². The molecule has 1 aliphatic rings. The predicted octanol–water partition coefficient (Wildman–Crippen LogP) is 4.38. The van der Waals surface area contributed by atoms with Crippen LogP contribution in [0, 0.1) is 19.8 Å². The highest BCUT2D eigenvalue weighted by Crippen LogP contribution is 2.40. The molecule has 3 nitrogen and oxygen atoms in total. The summed E-state index contributed by atoms with van der Waals surface area (Å²) in [6.45, 7) is 6.25. The maximum atomic E-state index is 6.63. The van der Waals surface area contributed by atoms with Crippen molar-refractivity contribution in [3.8, 4) is 11.3 Å². The third-order valence-electron chi connectivity index (χ3n) is 4.28. The van der Waals surface area contributed by atoms with Gasteiger partial charge in [0.15, 0.2) is 0 Å². The van der Waals surface area contributed by atoms with Crippen LogP contribution < -0.4 is 5.73 Å². The molecule has 2 heterocycles. The van der Waals surface area contributed by atoms with Crippen molar-refractivity contribution in [2.45, 2.75) is 52.0 Å². The van der Waals surface area contributed by atoms with Gasteiger partial charge in [-0.3, -0.25) is 0 Å². The molecule has 3 rings (SSSR count). The second kappa shape index (κ2) is 5.01. The maximum Gasteiger partial charge on any atom is 0.113 e. The number of rotatable bonds is 2. The summed E-state index contributed by atoms with van der Waals surface area (Å²) in [6, 6.07) is 2.06. The summed E-state index contributed by atoms with van der Waals surface area (Å²) in [7, 11) is 0. The summed E-state index contributed by atoms with van der Waals surface area (Å²) in [4.78, 5) is 4.82. The SMILES string of the molecule is Cc1cc(-c2csc(C3(N)CCCC(C)C3)n2)c(C)o1. The highest BCUT2D eigenvalue weighted by Gasteiger charge is 2.35. The van der Waals surface area contributed by atoms with Crippen LogP contribution in [0.5, 0.6) is 0 Å². The van der Waals surface area contributed by atoms with E-state index < -0.39 is 0 Å². The molecule has 108 valence electrons. The molecule has 2 aromatic heterocycles. The number of nitrogens with two attached hydrogens (primary N) is 1. The largest absolute Gasteiger partial charge is 0.466 e. The molecule has 1 aliphatic carbocycles. The lowest BCUT2D eigenvalue weighted by Crippen LogP contribution is -2.40. The molecule has 2 atom stereocenters. The highest BCUT2D eigenvalue weighted by molar-refractivity contribution is 7.10. The molecule has 4 heteroatoms. The van der Waals surface area contributed by atoms with Gasteiger partial charge in [-0.2, -0.15) is 0 Å². The van der Waals surface area contributed by atoms with Crippen LogP contribution in [0.25, 0.3) is 11.3 Å². The van der Waals surface area contributed by atoms with E-state index in [0.717, 1.165) is 40.6 Å². The number of hydrogen-bond acceptors (Lipinski definition) is 4. The minimum atomic E-state index is -0.229. The Morgan fingerprint density at radius 1 is 1.45 bits per heavy atom. The van der Waals surface area contributed by atoms with E-state index in [1.807, 2.05) is 13.8 Å². The summed E-state index contributed by atoms with van der Waals surface area (Å²) < 4.78 is 5.60. The molecule has 2 aromatic rings. The van der Waals surface area contributed by atoms with E-state index in [0.29, 0.717) is 5.92 Å².